The Morgan fingerprint density at radius 1 is 1.23 bits per heavy atom. The molecular weight excluding hydrogens is 276 g/mol. The Hall–Kier alpha value is -2.36. The number of nitrogens with zero attached hydrogens (tertiary/aromatic N) is 2. The third kappa shape index (κ3) is 3.11. The van der Waals surface area contributed by atoms with E-state index in [2.05, 4.69) is 17.1 Å². The van der Waals surface area contributed by atoms with Crippen molar-refractivity contribution in [1.82, 2.24) is 9.88 Å². The number of benzene rings is 1. The average Bonchev–Trinajstić information content (AvgIpc) is 2.95. The second kappa shape index (κ2) is 6.60. The van der Waals surface area contributed by atoms with Crippen molar-refractivity contribution in [3.05, 3.63) is 59.9 Å². The van der Waals surface area contributed by atoms with Gasteiger partial charge in [0.05, 0.1) is 18.8 Å². The first-order valence-corrected chi connectivity index (χ1v) is 7.61. The van der Waals surface area contributed by atoms with E-state index in [0.29, 0.717) is 6.42 Å². The molecule has 3 rings (SSSR count). The van der Waals surface area contributed by atoms with Crippen LogP contribution in [0.4, 0.5) is 0 Å². The molecule has 0 N–H and O–H groups in total. The summed E-state index contributed by atoms with van der Waals surface area (Å²) in [5.41, 5.74) is 2.20. The number of hydrogen-bond acceptors (Lipinski definition) is 3. The minimum atomic E-state index is 0.118. The van der Waals surface area contributed by atoms with E-state index in [1.807, 2.05) is 35.2 Å². The van der Waals surface area contributed by atoms with E-state index in [0.717, 1.165) is 30.8 Å². The number of ether oxygens (including phenoxy) is 1. The molecule has 2 aromatic rings. The molecule has 1 aliphatic rings. The summed E-state index contributed by atoms with van der Waals surface area (Å²) in [6.07, 6.45) is 4.11. The monoisotopic (exact) mass is 296 g/mol. The maximum atomic E-state index is 12.2. The standard InChI is InChI=1S/C18H20N2O2/c1-22-15-7-5-14(6-8-15)11-13-20-17(9-10-18(20)21)16-4-2-3-12-19-16/h2-8,12,17H,9-11,13H2,1H3. The molecule has 1 amide bonds. The van der Waals surface area contributed by atoms with Gasteiger partial charge in [-0.15, -0.1) is 0 Å². The number of aromatic nitrogens is 1. The molecule has 0 aliphatic carbocycles. The maximum absolute atomic E-state index is 12.2. The van der Waals surface area contributed by atoms with E-state index >= 15 is 0 Å². The molecule has 0 spiro atoms. The number of likely N-dealkylation sites (tertiary alicyclic amines) is 1. The van der Waals surface area contributed by atoms with Gasteiger partial charge >= 0.3 is 0 Å². The number of pyridine rings is 1. The fourth-order valence-corrected chi connectivity index (χ4v) is 2.94. The van der Waals surface area contributed by atoms with Crippen LogP contribution < -0.4 is 4.74 Å². The number of carbonyl (C=O) groups excluding carboxylic acids is 1. The van der Waals surface area contributed by atoms with Crippen LogP contribution in [0.5, 0.6) is 5.75 Å². The van der Waals surface area contributed by atoms with Crippen LogP contribution in [0.1, 0.15) is 30.1 Å². The molecule has 1 saturated heterocycles. The highest BCUT2D eigenvalue weighted by molar-refractivity contribution is 5.79. The van der Waals surface area contributed by atoms with Crippen molar-refractivity contribution in [2.45, 2.75) is 25.3 Å². The van der Waals surface area contributed by atoms with Gasteiger partial charge in [0, 0.05) is 19.2 Å². The van der Waals surface area contributed by atoms with Crippen molar-refractivity contribution in [3.63, 3.8) is 0 Å². The van der Waals surface area contributed by atoms with Gasteiger partial charge < -0.3 is 9.64 Å². The number of amides is 1. The molecule has 4 heteroatoms. The fraction of sp³-hybridized carbons (Fsp3) is 0.333. The zero-order valence-electron chi connectivity index (χ0n) is 12.7. The molecule has 1 aromatic heterocycles. The van der Waals surface area contributed by atoms with Crippen LogP contribution in [0.25, 0.3) is 0 Å². The first-order chi connectivity index (χ1) is 10.8. The summed E-state index contributed by atoms with van der Waals surface area (Å²) in [5.74, 6) is 1.08. The average molecular weight is 296 g/mol. The van der Waals surface area contributed by atoms with Crippen LogP contribution in [0.2, 0.25) is 0 Å². The van der Waals surface area contributed by atoms with E-state index in [9.17, 15) is 4.79 Å². The van der Waals surface area contributed by atoms with Crippen LogP contribution in [-0.2, 0) is 11.2 Å². The highest BCUT2D eigenvalue weighted by Gasteiger charge is 2.32. The molecule has 0 radical (unpaired) electrons. The SMILES string of the molecule is COc1ccc(CCN2C(=O)CCC2c2ccccn2)cc1. The molecule has 4 nitrogen and oxygen atoms in total. The zero-order chi connectivity index (χ0) is 15.4. The highest BCUT2D eigenvalue weighted by atomic mass is 16.5. The minimum Gasteiger partial charge on any atom is -0.497 e. The van der Waals surface area contributed by atoms with E-state index in [4.69, 9.17) is 4.74 Å². The normalized spacial score (nSPS) is 17.8. The lowest BCUT2D eigenvalue weighted by molar-refractivity contribution is -0.129. The topological polar surface area (TPSA) is 42.4 Å². The fourth-order valence-electron chi connectivity index (χ4n) is 2.94. The number of carbonyl (C=O) groups is 1. The van der Waals surface area contributed by atoms with Crippen LogP contribution in [-0.4, -0.2) is 29.4 Å². The summed E-state index contributed by atoms with van der Waals surface area (Å²) in [4.78, 5) is 18.5. The number of rotatable bonds is 5. The predicted octanol–water partition coefficient (Wildman–Crippen LogP) is 3.00. The van der Waals surface area contributed by atoms with Crippen LogP contribution in [0.3, 0.4) is 0 Å². The Morgan fingerprint density at radius 2 is 2.05 bits per heavy atom. The smallest absolute Gasteiger partial charge is 0.223 e. The molecule has 0 saturated carbocycles. The van der Waals surface area contributed by atoms with Gasteiger partial charge in [-0.2, -0.15) is 0 Å². The van der Waals surface area contributed by atoms with E-state index in [-0.39, 0.29) is 11.9 Å². The number of methoxy groups -OCH3 is 1. The molecule has 2 heterocycles. The van der Waals surface area contributed by atoms with Gasteiger partial charge in [0.1, 0.15) is 5.75 Å². The second-order valence-electron chi connectivity index (χ2n) is 5.49. The molecule has 0 bridgehead atoms. The summed E-state index contributed by atoms with van der Waals surface area (Å²) < 4.78 is 5.17. The maximum Gasteiger partial charge on any atom is 0.223 e. The van der Waals surface area contributed by atoms with E-state index in [1.54, 1.807) is 13.3 Å². The molecule has 1 unspecified atom stereocenters. The lowest BCUT2D eigenvalue weighted by Crippen LogP contribution is -2.30. The predicted molar refractivity (Wildman–Crippen MR) is 84.6 cm³/mol. The highest BCUT2D eigenvalue weighted by Crippen LogP contribution is 2.31. The molecule has 1 fully saturated rings. The van der Waals surface area contributed by atoms with Crippen LogP contribution in [0, 0.1) is 0 Å². The van der Waals surface area contributed by atoms with E-state index in [1.165, 1.54) is 5.56 Å². The lowest BCUT2D eigenvalue weighted by Gasteiger charge is -2.24. The van der Waals surface area contributed by atoms with Crippen molar-refractivity contribution in [2.24, 2.45) is 0 Å². The summed E-state index contributed by atoms with van der Waals surface area (Å²) >= 11 is 0. The molecule has 22 heavy (non-hydrogen) atoms. The zero-order valence-corrected chi connectivity index (χ0v) is 12.7. The first kappa shape index (κ1) is 14.6. The summed E-state index contributed by atoms with van der Waals surface area (Å²) in [6.45, 7) is 0.729. The molecule has 114 valence electrons. The summed E-state index contributed by atoms with van der Waals surface area (Å²) in [7, 11) is 1.66. The Morgan fingerprint density at radius 3 is 2.73 bits per heavy atom. The van der Waals surface area contributed by atoms with Crippen molar-refractivity contribution in [2.75, 3.05) is 13.7 Å². The van der Waals surface area contributed by atoms with Crippen molar-refractivity contribution in [1.29, 1.82) is 0 Å². The molecular formula is C18H20N2O2. The third-order valence-electron chi connectivity index (χ3n) is 4.16. The summed E-state index contributed by atoms with van der Waals surface area (Å²) in [5, 5.41) is 0. The van der Waals surface area contributed by atoms with Gasteiger partial charge in [-0.25, -0.2) is 0 Å². The molecule has 1 aromatic carbocycles. The Balaban J connectivity index is 1.67. The Labute approximate surface area is 130 Å². The van der Waals surface area contributed by atoms with Gasteiger partial charge in [-0.3, -0.25) is 9.78 Å². The quantitative estimate of drug-likeness (QED) is 0.852. The Kier molecular flexibility index (Phi) is 4.37. The van der Waals surface area contributed by atoms with Gasteiger partial charge in [0.15, 0.2) is 0 Å². The largest absolute Gasteiger partial charge is 0.497 e. The summed E-state index contributed by atoms with van der Waals surface area (Å²) in [6, 6.07) is 14.0. The second-order valence-corrected chi connectivity index (χ2v) is 5.49. The third-order valence-corrected chi connectivity index (χ3v) is 4.16. The first-order valence-electron chi connectivity index (χ1n) is 7.61. The van der Waals surface area contributed by atoms with Gasteiger partial charge in [0.25, 0.3) is 0 Å². The van der Waals surface area contributed by atoms with E-state index < -0.39 is 0 Å². The Bertz CT molecular complexity index is 625. The van der Waals surface area contributed by atoms with Crippen LogP contribution >= 0.6 is 0 Å². The van der Waals surface area contributed by atoms with Crippen LogP contribution in [0.15, 0.2) is 48.7 Å². The minimum absolute atomic E-state index is 0.118. The van der Waals surface area contributed by atoms with Crippen molar-refractivity contribution >= 4 is 5.91 Å². The number of hydrogen-bond donors (Lipinski definition) is 0. The molecule has 1 atom stereocenters. The van der Waals surface area contributed by atoms with Gasteiger partial charge in [-0.05, 0) is 42.7 Å². The van der Waals surface area contributed by atoms with Crippen molar-refractivity contribution < 1.29 is 9.53 Å². The van der Waals surface area contributed by atoms with Gasteiger partial charge in [-0.1, -0.05) is 18.2 Å². The molecule has 1 aliphatic heterocycles. The van der Waals surface area contributed by atoms with Gasteiger partial charge in [0.2, 0.25) is 5.91 Å². The van der Waals surface area contributed by atoms with Crippen molar-refractivity contribution in [3.8, 4) is 5.75 Å². The lowest BCUT2D eigenvalue weighted by atomic mass is 10.1.